The zero-order valence-corrected chi connectivity index (χ0v) is 5.27. The number of halogens is 2. The van der Waals surface area contributed by atoms with Gasteiger partial charge in [-0.3, -0.25) is 8.22 Å². The summed E-state index contributed by atoms with van der Waals surface area (Å²) in [6, 6.07) is -0.0104. The van der Waals surface area contributed by atoms with E-state index in [1.54, 1.807) is 6.08 Å². The second kappa shape index (κ2) is 1.82. The molecule has 0 radical (unpaired) electrons. The smallest absolute Gasteiger partial charge is 0.265 e. The predicted molar refractivity (Wildman–Crippen MR) is 31.1 cm³/mol. The van der Waals surface area contributed by atoms with E-state index in [0.29, 0.717) is 0 Å². The third kappa shape index (κ3) is 1.26. The Labute approximate surface area is 47.9 Å². The molecule has 0 aromatic heterocycles. The van der Waals surface area contributed by atoms with E-state index >= 15 is 0 Å². The Balaban J connectivity index is 2.65. The van der Waals surface area contributed by atoms with Crippen molar-refractivity contribution in [2.45, 2.75) is 6.04 Å². The summed E-state index contributed by atoms with van der Waals surface area (Å²) in [4.78, 5) is 0. The topological polar surface area (TPSA) is 0 Å². The van der Waals surface area contributed by atoms with Crippen LogP contribution in [0.5, 0.6) is 0 Å². The van der Waals surface area contributed by atoms with Gasteiger partial charge in [0.05, 0.1) is 0 Å². The van der Waals surface area contributed by atoms with E-state index in [1.165, 1.54) is 12.2 Å². The van der Waals surface area contributed by atoms with Gasteiger partial charge in [-0.15, -0.1) is 0 Å². The van der Waals surface area contributed by atoms with Gasteiger partial charge in [-0.1, -0.05) is 18.2 Å². The molecule has 0 aliphatic carbocycles. The number of hydrogen-bond acceptors (Lipinski definition) is 0. The van der Waals surface area contributed by atoms with Crippen molar-refractivity contribution in [2.24, 2.45) is 0 Å². The highest BCUT2D eigenvalue weighted by Gasteiger charge is 2.30. The van der Waals surface area contributed by atoms with Crippen molar-refractivity contribution >= 4 is 8.74 Å². The minimum Gasteiger partial charge on any atom is -0.265 e. The Morgan fingerprint density at radius 1 is 1.25 bits per heavy atom. The molecule has 1 rings (SSSR count). The first kappa shape index (κ1) is 5.69. The van der Waals surface area contributed by atoms with E-state index in [1.807, 2.05) is 0 Å². The molecule has 0 saturated heterocycles. The van der Waals surface area contributed by atoms with Gasteiger partial charge in [0.25, 0.3) is 0 Å². The molecule has 0 saturated carbocycles. The average molecular weight is 132 g/mol. The molecule has 0 atom stereocenters. The summed E-state index contributed by atoms with van der Waals surface area (Å²) in [5, 5.41) is 0. The minimum atomic E-state index is -3.86. The first-order chi connectivity index (χ1) is 3.71. The number of rotatable bonds is 0. The van der Waals surface area contributed by atoms with Crippen molar-refractivity contribution in [2.75, 3.05) is 0 Å². The highest BCUT2D eigenvalue weighted by atomic mass is 28.4. The van der Waals surface area contributed by atoms with E-state index in [0.717, 1.165) is 5.70 Å². The quantitative estimate of drug-likeness (QED) is 0.349. The zero-order chi connectivity index (χ0) is 6.04. The van der Waals surface area contributed by atoms with Crippen LogP contribution in [0.3, 0.4) is 0 Å². The van der Waals surface area contributed by atoms with Crippen LogP contribution < -0.4 is 0 Å². The number of hydrogen-bond donors (Lipinski definition) is 0. The van der Waals surface area contributed by atoms with Crippen LogP contribution in [0.1, 0.15) is 0 Å². The zero-order valence-electron chi connectivity index (χ0n) is 4.27. The van der Waals surface area contributed by atoms with Gasteiger partial charge in [0, 0.05) is 6.04 Å². The second-order valence-electron chi connectivity index (χ2n) is 1.75. The lowest BCUT2D eigenvalue weighted by atomic mass is 10.5. The summed E-state index contributed by atoms with van der Waals surface area (Å²) in [5.41, 5.74) is 1.05. The summed E-state index contributed by atoms with van der Waals surface area (Å²) in [6.45, 7) is 0. The van der Waals surface area contributed by atoms with Gasteiger partial charge in [0.1, 0.15) is 0 Å². The van der Waals surface area contributed by atoms with E-state index < -0.39 is 8.74 Å². The monoisotopic (exact) mass is 132 g/mol. The first-order valence-corrected chi connectivity index (χ1v) is 4.47. The van der Waals surface area contributed by atoms with Crippen molar-refractivity contribution in [1.29, 1.82) is 0 Å². The molecule has 0 aromatic rings. The van der Waals surface area contributed by atoms with Crippen LogP contribution in [0.25, 0.3) is 0 Å². The molecular weight excluding hydrogens is 126 g/mol. The van der Waals surface area contributed by atoms with Gasteiger partial charge in [-0.05, 0) is 5.70 Å². The Morgan fingerprint density at radius 2 is 2.00 bits per heavy atom. The predicted octanol–water partition coefficient (Wildman–Crippen LogP) is 2.03. The Kier molecular flexibility index (Phi) is 1.29. The van der Waals surface area contributed by atoms with Crippen LogP contribution >= 0.6 is 0 Å². The highest BCUT2D eigenvalue weighted by Crippen LogP contribution is 2.18. The average Bonchev–Trinajstić information content (AvgIpc) is 1.65. The van der Waals surface area contributed by atoms with Gasteiger partial charge in [0.2, 0.25) is 0 Å². The Bertz CT molecular complexity index is 137. The summed E-state index contributed by atoms with van der Waals surface area (Å²) in [6.07, 6.45) is 4.60. The summed E-state index contributed by atoms with van der Waals surface area (Å²) in [7, 11) is -3.86. The molecule has 8 heavy (non-hydrogen) atoms. The maximum absolute atomic E-state index is 12.2. The molecule has 1 aliphatic heterocycles. The third-order valence-electron chi connectivity index (χ3n) is 0.977. The van der Waals surface area contributed by atoms with Crippen molar-refractivity contribution in [3.8, 4) is 0 Å². The molecule has 0 nitrogen and oxygen atoms in total. The van der Waals surface area contributed by atoms with E-state index in [4.69, 9.17) is 0 Å². The van der Waals surface area contributed by atoms with Crippen molar-refractivity contribution in [1.82, 2.24) is 0 Å². The standard InChI is InChI=1S/C5H6F2Si/c6-8(7)4-2-1-3-5-8/h1-4H,5H2. The van der Waals surface area contributed by atoms with Crippen LogP contribution in [0, 0.1) is 0 Å². The Morgan fingerprint density at radius 3 is 2.25 bits per heavy atom. The fraction of sp³-hybridized carbons (Fsp3) is 0.200. The lowest BCUT2D eigenvalue weighted by Crippen LogP contribution is -2.18. The molecule has 0 N–H and O–H groups in total. The molecule has 0 unspecified atom stereocenters. The largest absolute Gasteiger partial charge is 0.452 e. The fourth-order valence-corrected chi connectivity index (χ4v) is 1.55. The second-order valence-corrected chi connectivity index (χ2v) is 4.02. The van der Waals surface area contributed by atoms with Gasteiger partial charge in [0.15, 0.2) is 0 Å². The van der Waals surface area contributed by atoms with Crippen LogP contribution in [0.2, 0.25) is 6.04 Å². The number of allylic oxidation sites excluding steroid dienone is 3. The molecule has 1 aliphatic rings. The highest BCUT2D eigenvalue weighted by molar-refractivity contribution is 6.72. The van der Waals surface area contributed by atoms with Crippen LogP contribution in [0.4, 0.5) is 8.22 Å². The SMILES string of the molecule is F[Si]1(F)C=CC=CC1. The maximum Gasteiger partial charge on any atom is 0.452 e. The summed E-state index contributed by atoms with van der Waals surface area (Å²) in [5.74, 6) is 0. The molecule has 0 fully saturated rings. The van der Waals surface area contributed by atoms with Gasteiger partial charge < -0.3 is 0 Å². The van der Waals surface area contributed by atoms with Crippen molar-refractivity contribution in [3.63, 3.8) is 0 Å². The lowest BCUT2D eigenvalue weighted by Gasteiger charge is -2.05. The lowest BCUT2D eigenvalue weighted by molar-refractivity contribution is 0.628. The van der Waals surface area contributed by atoms with Crippen LogP contribution in [0.15, 0.2) is 23.9 Å². The van der Waals surface area contributed by atoms with Gasteiger partial charge >= 0.3 is 8.74 Å². The first-order valence-electron chi connectivity index (χ1n) is 2.43. The molecule has 1 heterocycles. The fourth-order valence-electron chi connectivity index (χ4n) is 0.568. The van der Waals surface area contributed by atoms with Crippen molar-refractivity contribution < 1.29 is 8.22 Å². The minimum absolute atomic E-state index is 0.0104. The summed E-state index contributed by atoms with van der Waals surface area (Å²) < 4.78 is 24.4. The van der Waals surface area contributed by atoms with Crippen molar-refractivity contribution in [3.05, 3.63) is 23.9 Å². The summed E-state index contributed by atoms with van der Waals surface area (Å²) >= 11 is 0. The Hall–Kier alpha value is -0.443. The van der Waals surface area contributed by atoms with Gasteiger partial charge in [-0.25, -0.2) is 0 Å². The molecular formula is C5H6F2Si. The third-order valence-corrected chi connectivity index (χ3v) is 2.44. The molecule has 0 aromatic carbocycles. The van der Waals surface area contributed by atoms with E-state index in [-0.39, 0.29) is 6.04 Å². The molecule has 0 amide bonds. The molecule has 0 bridgehead atoms. The van der Waals surface area contributed by atoms with E-state index in [2.05, 4.69) is 0 Å². The molecule has 0 spiro atoms. The molecule has 44 valence electrons. The molecule has 3 heteroatoms. The van der Waals surface area contributed by atoms with Crippen LogP contribution in [-0.2, 0) is 0 Å². The maximum atomic E-state index is 12.2. The normalized spacial score (nSPS) is 23.8. The van der Waals surface area contributed by atoms with Gasteiger partial charge in [-0.2, -0.15) is 0 Å². The van der Waals surface area contributed by atoms with E-state index in [9.17, 15) is 8.22 Å². The van der Waals surface area contributed by atoms with Crippen LogP contribution in [-0.4, -0.2) is 8.74 Å².